The maximum absolute atomic E-state index is 12.9. The molecule has 1 aromatic carbocycles. The summed E-state index contributed by atoms with van der Waals surface area (Å²) in [6.45, 7) is 2.24. The van der Waals surface area contributed by atoms with E-state index in [9.17, 15) is 9.18 Å². The largest absolute Gasteiger partial charge is 0.463 e. The molecule has 20 heavy (non-hydrogen) atoms. The quantitative estimate of drug-likeness (QED) is 0.818. The molecule has 0 spiro atoms. The zero-order valence-corrected chi connectivity index (χ0v) is 10.8. The summed E-state index contributed by atoms with van der Waals surface area (Å²) in [5.41, 5.74) is 0.590. The van der Waals surface area contributed by atoms with Crippen LogP contribution in [0.25, 0.3) is 6.08 Å². The van der Waals surface area contributed by atoms with Crippen molar-refractivity contribution in [1.82, 2.24) is 15.2 Å². The zero-order chi connectivity index (χ0) is 14.4. The first kappa shape index (κ1) is 13.7. The van der Waals surface area contributed by atoms with Gasteiger partial charge in [-0.1, -0.05) is 12.1 Å². The Hall–Kier alpha value is -2.70. The lowest BCUT2D eigenvalue weighted by atomic mass is 10.2. The van der Waals surface area contributed by atoms with Crippen molar-refractivity contribution in [1.29, 1.82) is 0 Å². The Bertz CT molecular complexity index is 624. The van der Waals surface area contributed by atoms with Crippen LogP contribution in [0.5, 0.6) is 6.01 Å². The maximum atomic E-state index is 12.9. The van der Waals surface area contributed by atoms with Gasteiger partial charge in [-0.2, -0.15) is 4.98 Å². The summed E-state index contributed by atoms with van der Waals surface area (Å²) >= 11 is 0. The summed E-state index contributed by atoms with van der Waals surface area (Å²) in [6, 6.07) is 6.08. The molecule has 0 aliphatic carbocycles. The van der Waals surface area contributed by atoms with Gasteiger partial charge in [0.25, 0.3) is 5.91 Å². The number of nitrogens with one attached hydrogen (secondary N) is 2. The molecule has 0 radical (unpaired) electrons. The van der Waals surface area contributed by atoms with Gasteiger partial charge in [-0.3, -0.25) is 10.1 Å². The molecule has 104 valence electrons. The van der Waals surface area contributed by atoms with Gasteiger partial charge in [0.2, 0.25) is 5.95 Å². The Labute approximate surface area is 114 Å². The molecule has 7 heteroatoms. The third-order valence-electron chi connectivity index (χ3n) is 2.26. The Morgan fingerprint density at radius 3 is 3.15 bits per heavy atom. The van der Waals surface area contributed by atoms with Crippen LogP contribution >= 0.6 is 0 Å². The van der Waals surface area contributed by atoms with Gasteiger partial charge in [-0.15, -0.1) is 5.10 Å². The standard InChI is InChI=1S/C13H13FN4O2/c1-2-20-13-16-12(17-18-13)15-11(19)7-6-9-4-3-5-10(14)8-9/h3-8H,2H2,1H3,(H2,15,16,17,18,19)/b7-6+. The molecule has 0 atom stereocenters. The number of aromatic amines is 1. The van der Waals surface area contributed by atoms with E-state index in [-0.39, 0.29) is 17.8 Å². The van der Waals surface area contributed by atoms with E-state index in [0.717, 1.165) is 0 Å². The number of carbonyl (C=O) groups is 1. The number of carbonyl (C=O) groups excluding carboxylic acids is 1. The fourth-order valence-corrected chi connectivity index (χ4v) is 1.44. The number of amides is 1. The number of rotatable bonds is 5. The topological polar surface area (TPSA) is 79.9 Å². The molecule has 0 bridgehead atoms. The number of nitrogens with zero attached hydrogens (tertiary/aromatic N) is 2. The van der Waals surface area contributed by atoms with Gasteiger partial charge < -0.3 is 4.74 Å². The second-order valence-electron chi connectivity index (χ2n) is 3.78. The molecule has 0 saturated heterocycles. The van der Waals surface area contributed by atoms with Crippen LogP contribution in [0.1, 0.15) is 12.5 Å². The number of hydrogen-bond acceptors (Lipinski definition) is 4. The Kier molecular flexibility index (Phi) is 4.43. The van der Waals surface area contributed by atoms with E-state index >= 15 is 0 Å². The van der Waals surface area contributed by atoms with Crippen LogP contribution in [0.15, 0.2) is 30.3 Å². The van der Waals surface area contributed by atoms with Crippen molar-refractivity contribution in [2.75, 3.05) is 11.9 Å². The summed E-state index contributed by atoms with van der Waals surface area (Å²) in [7, 11) is 0. The normalized spacial score (nSPS) is 10.7. The number of aromatic nitrogens is 3. The number of hydrogen-bond donors (Lipinski definition) is 2. The number of ether oxygens (including phenoxy) is 1. The molecule has 2 N–H and O–H groups in total. The predicted octanol–water partition coefficient (Wildman–Crippen LogP) is 1.99. The predicted molar refractivity (Wildman–Crippen MR) is 71.6 cm³/mol. The fourth-order valence-electron chi connectivity index (χ4n) is 1.44. The van der Waals surface area contributed by atoms with Crippen molar-refractivity contribution in [3.05, 3.63) is 41.7 Å². The lowest BCUT2D eigenvalue weighted by Crippen LogP contribution is -2.09. The second-order valence-corrected chi connectivity index (χ2v) is 3.78. The molecule has 1 heterocycles. The third kappa shape index (κ3) is 3.91. The van der Waals surface area contributed by atoms with Crippen molar-refractivity contribution in [2.45, 2.75) is 6.92 Å². The smallest absolute Gasteiger partial charge is 0.337 e. The molecule has 6 nitrogen and oxygen atoms in total. The van der Waals surface area contributed by atoms with E-state index in [0.29, 0.717) is 12.2 Å². The molecular weight excluding hydrogens is 263 g/mol. The Morgan fingerprint density at radius 1 is 1.55 bits per heavy atom. The highest BCUT2D eigenvalue weighted by Crippen LogP contribution is 2.07. The molecule has 2 rings (SSSR count). The van der Waals surface area contributed by atoms with Gasteiger partial charge in [0.05, 0.1) is 6.61 Å². The number of halogens is 1. The van der Waals surface area contributed by atoms with Gasteiger partial charge in [0, 0.05) is 6.08 Å². The molecule has 0 aliphatic rings. The van der Waals surface area contributed by atoms with Crippen molar-refractivity contribution in [2.24, 2.45) is 0 Å². The van der Waals surface area contributed by atoms with E-state index in [1.54, 1.807) is 19.1 Å². The second kappa shape index (κ2) is 6.46. The average Bonchev–Trinajstić information content (AvgIpc) is 2.84. The molecule has 0 aliphatic heterocycles. The third-order valence-corrected chi connectivity index (χ3v) is 2.26. The van der Waals surface area contributed by atoms with Crippen LogP contribution in [-0.2, 0) is 4.79 Å². The minimum absolute atomic E-state index is 0.164. The number of benzene rings is 1. The molecule has 0 saturated carbocycles. The molecular formula is C13H13FN4O2. The van der Waals surface area contributed by atoms with Gasteiger partial charge in [0.15, 0.2) is 0 Å². The van der Waals surface area contributed by atoms with Gasteiger partial charge in [-0.05, 0) is 30.7 Å². The van der Waals surface area contributed by atoms with Gasteiger partial charge >= 0.3 is 6.01 Å². The fraction of sp³-hybridized carbons (Fsp3) is 0.154. The van der Waals surface area contributed by atoms with Crippen LogP contribution in [0, 0.1) is 5.82 Å². The number of anilines is 1. The van der Waals surface area contributed by atoms with Crippen LogP contribution < -0.4 is 10.1 Å². The minimum Gasteiger partial charge on any atom is -0.463 e. The Balaban J connectivity index is 1.94. The lowest BCUT2D eigenvalue weighted by molar-refractivity contribution is -0.111. The lowest BCUT2D eigenvalue weighted by Gasteiger charge is -1.96. The molecule has 0 fully saturated rings. The summed E-state index contributed by atoms with van der Waals surface area (Å²) in [5, 5.41) is 8.74. The highest BCUT2D eigenvalue weighted by atomic mass is 19.1. The number of H-pyrrole nitrogens is 1. The van der Waals surface area contributed by atoms with Crippen LogP contribution in [0.2, 0.25) is 0 Å². The average molecular weight is 276 g/mol. The SMILES string of the molecule is CCOc1n[nH]c(NC(=O)/C=C/c2cccc(F)c2)n1. The Morgan fingerprint density at radius 2 is 2.40 bits per heavy atom. The molecule has 1 amide bonds. The van der Waals surface area contributed by atoms with E-state index in [1.807, 2.05) is 0 Å². The molecule has 1 aromatic heterocycles. The highest BCUT2D eigenvalue weighted by molar-refractivity contribution is 6.00. The van der Waals surface area contributed by atoms with Crippen LogP contribution in [-0.4, -0.2) is 27.7 Å². The minimum atomic E-state index is -0.409. The first-order chi connectivity index (χ1) is 9.67. The summed E-state index contributed by atoms with van der Waals surface area (Å²) in [6.07, 6.45) is 2.77. The summed E-state index contributed by atoms with van der Waals surface area (Å²) in [5.74, 6) is -0.583. The first-order valence-electron chi connectivity index (χ1n) is 5.97. The van der Waals surface area contributed by atoms with Crippen LogP contribution in [0.3, 0.4) is 0 Å². The molecule has 0 unspecified atom stereocenters. The van der Waals surface area contributed by atoms with Gasteiger partial charge in [0.1, 0.15) is 5.82 Å². The van der Waals surface area contributed by atoms with Crippen LogP contribution in [0.4, 0.5) is 10.3 Å². The van der Waals surface area contributed by atoms with Gasteiger partial charge in [-0.25, -0.2) is 9.49 Å². The summed E-state index contributed by atoms with van der Waals surface area (Å²) < 4.78 is 18.0. The highest BCUT2D eigenvalue weighted by Gasteiger charge is 2.05. The van der Waals surface area contributed by atoms with Crippen molar-refractivity contribution < 1.29 is 13.9 Å². The zero-order valence-electron chi connectivity index (χ0n) is 10.8. The first-order valence-corrected chi connectivity index (χ1v) is 5.97. The maximum Gasteiger partial charge on any atom is 0.337 e. The van der Waals surface area contributed by atoms with Crippen molar-refractivity contribution in [3.63, 3.8) is 0 Å². The van der Waals surface area contributed by atoms with Crippen molar-refractivity contribution >= 4 is 17.9 Å². The summed E-state index contributed by atoms with van der Waals surface area (Å²) in [4.78, 5) is 15.5. The van der Waals surface area contributed by atoms with E-state index in [4.69, 9.17) is 4.74 Å². The van der Waals surface area contributed by atoms with Crippen molar-refractivity contribution in [3.8, 4) is 6.01 Å². The molecule has 2 aromatic rings. The van der Waals surface area contributed by atoms with E-state index in [2.05, 4.69) is 20.5 Å². The van der Waals surface area contributed by atoms with E-state index < -0.39 is 5.91 Å². The monoisotopic (exact) mass is 276 g/mol. The van der Waals surface area contributed by atoms with E-state index in [1.165, 1.54) is 24.3 Å².